The second-order valence-electron chi connectivity index (χ2n) is 3.81. The van der Waals surface area contributed by atoms with Crippen molar-refractivity contribution >= 4 is 0 Å². The maximum absolute atomic E-state index is 3.88. The maximum atomic E-state index is 3.88. The fourth-order valence-corrected chi connectivity index (χ4v) is 1.45. The van der Waals surface area contributed by atoms with E-state index < -0.39 is 0 Å². The van der Waals surface area contributed by atoms with Gasteiger partial charge in [0.1, 0.15) is 0 Å². The molecule has 0 aliphatic rings. The van der Waals surface area contributed by atoms with Gasteiger partial charge in [-0.1, -0.05) is 52.1 Å². The lowest BCUT2D eigenvalue weighted by atomic mass is 10.1. The predicted octanol–water partition coefficient (Wildman–Crippen LogP) is 5.22. The van der Waals surface area contributed by atoms with Gasteiger partial charge in [-0.3, -0.25) is 4.98 Å². The van der Waals surface area contributed by atoms with Crippen LogP contribution in [0.3, 0.4) is 0 Å². The topological polar surface area (TPSA) is 12.9 Å². The summed E-state index contributed by atoms with van der Waals surface area (Å²) in [5.74, 6) is 0. The summed E-state index contributed by atoms with van der Waals surface area (Å²) in [6, 6.07) is 12.4. The van der Waals surface area contributed by atoms with Crippen molar-refractivity contribution in [3.05, 3.63) is 65.5 Å². The number of hydrogen-bond acceptors (Lipinski definition) is 1. The molecule has 0 atom stereocenters. The van der Waals surface area contributed by atoms with E-state index in [0.29, 0.717) is 0 Å². The Morgan fingerprint density at radius 1 is 0.944 bits per heavy atom. The monoisotopic (exact) mass is 245 g/mol. The van der Waals surface area contributed by atoms with Crippen LogP contribution in [0, 0.1) is 13.8 Å². The van der Waals surface area contributed by atoms with Crippen LogP contribution in [0.25, 0.3) is 0 Å². The molecule has 0 unspecified atom stereocenters. The fourth-order valence-electron chi connectivity index (χ4n) is 1.45. The second-order valence-corrected chi connectivity index (χ2v) is 3.81. The Bertz CT molecular complexity index is 407. The first kappa shape index (κ1) is 18.7. The highest BCUT2D eigenvalue weighted by atomic mass is 14.6. The smallest absolute Gasteiger partial charge is 0.0297 e. The van der Waals surface area contributed by atoms with Crippen LogP contribution in [0.4, 0.5) is 0 Å². The van der Waals surface area contributed by atoms with E-state index in [2.05, 4.69) is 43.1 Å². The van der Waals surface area contributed by atoms with E-state index in [4.69, 9.17) is 0 Å². The Morgan fingerprint density at radius 2 is 1.61 bits per heavy atom. The zero-order valence-electron chi connectivity index (χ0n) is 10.3. The molecule has 1 heteroatoms. The summed E-state index contributed by atoms with van der Waals surface area (Å²) in [7, 11) is 0. The molecule has 1 heterocycles. The number of aryl methyl sites for hydroxylation is 3. The summed E-state index contributed by atoms with van der Waals surface area (Å²) in [5.41, 5.74) is 4.07. The Kier molecular flexibility index (Phi) is 10.9. The van der Waals surface area contributed by atoms with Crippen molar-refractivity contribution in [2.24, 2.45) is 0 Å². The van der Waals surface area contributed by atoms with E-state index in [9.17, 15) is 0 Å². The zero-order chi connectivity index (χ0) is 11.8. The largest absolute Gasteiger partial charge is 0.264 e. The van der Waals surface area contributed by atoms with Gasteiger partial charge in [0.15, 0.2) is 0 Å². The van der Waals surface area contributed by atoms with Crippen molar-refractivity contribution in [3.8, 4) is 0 Å². The number of aromatic nitrogens is 1. The molecule has 0 N–H and O–H groups in total. The SMILES string of the molecule is C.C.CCc1ccccc1C.Cc1cccnc1. The third-order valence-corrected chi connectivity index (χ3v) is 2.45. The van der Waals surface area contributed by atoms with Gasteiger partial charge in [-0.2, -0.15) is 0 Å². The number of rotatable bonds is 1. The van der Waals surface area contributed by atoms with Crippen molar-refractivity contribution < 1.29 is 0 Å². The zero-order valence-corrected chi connectivity index (χ0v) is 10.3. The predicted molar refractivity (Wildman–Crippen MR) is 83.0 cm³/mol. The quantitative estimate of drug-likeness (QED) is 0.671. The van der Waals surface area contributed by atoms with Crippen molar-refractivity contribution in [1.29, 1.82) is 0 Å². The first-order valence-electron chi connectivity index (χ1n) is 5.65. The Labute approximate surface area is 113 Å². The van der Waals surface area contributed by atoms with Crippen LogP contribution >= 0.6 is 0 Å². The first-order valence-corrected chi connectivity index (χ1v) is 5.65. The van der Waals surface area contributed by atoms with Gasteiger partial charge in [-0.05, 0) is 43.0 Å². The van der Waals surface area contributed by atoms with Crippen LogP contribution < -0.4 is 0 Å². The van der Waals surface area contributed by atoms with Gasteiger partial charge in [0.2, 0.25) is 0 Å². The molecule has 1 aromatic carbocycles. The van der Waals surface area contributed by atoms with Crippen molar-refractivity contribution in [2.75, 3.05) is 0 Å². The normalized spacial score (nSPS) is 8.17. The highest BCUT2D eigenvalue weighted by Crippen LogP contribution is 2.06. The van der Waals surface area contributed by atoms with E-state index in [0.717, 1.165) is 6.42 Å². The van der Waals surface area contributed by atoms with E-state index in [1.54, 1.807) is 6.20 Å². The molecule has 18 heavy (non-hydrogen) atoms. The summed E-state index contributed by atoms with van der Waals surface area (Å²) < 4.78 is 0. The molecule has 100 valence electrons. The van der Waals surface area contributed by atoms with Crippen molar-refractivity contribution in [3.63, 3.8) is 0 Å². The summed E-state index contributed by atoms with van der Waals surface area (Å²) in [5, 5.41) is 0. The van der Waals surface area contributed by atoms with Gasteiger partial charge in [0.25, 0.3) is 0 Å². The minimum Gasteiger partial charge on any atom is -0.264 e. The Hall–Kier alpha value is -1.63. The molecule has 0 spiro atoms. The highest BCUT2D eigenvalue weighted by Gasteiger charge is 1.89. The number of nitrogens with zero attached hydrogens (tertiary/aromatic N) is 1. The molecule has 0 saturated heterocycles. The lowest BCUT2D eigenvalue weighted by Crippen LogP contribution is -1.82. The number of pyridine rings is 1. The van der Waals surface area contributed by atoms with Gasteiger partial charge in [0, 0.05) is 12.4 Å². The van der Waals surface area contributed by atoms with Crippen molar-refractivity contribution in [1.82, 2.24) is 4.98 Å². The van der Waals surface area contributed by atoms with Crippen LogP contribution in [-0.2, 0) is 6.42 Å². The van der Waals surface area contributed by atoms with E-state index >= 15 is 0 Å². The average Bonchev–Trinajstić information content (AvgIpc) is 2.31. The van der Waals surface area contributed by atoms with Crippen LogP contribution in [-0.4, -0.2) is 4.98 Å². The average molecular weight is 245 g/mol. The van der Waals surface area contributed by atoms with Crippen LogP contribution in [0.2, 0.25) is 0 Å². The maximum Gasteiger partial charge on any atom is 0.0297 e. The summed E-state index contributed by atoms with van der Waals surface area (Å²) in [4.78, 5) is 3.88. The van der Waals surface area contributed by atoms with E-state index in [1.807, 2.05) is 25.3 Å². The summed E-state index contributed by atoms with van der Waals surface area (Å²) in [6.07, 6.45) is 4.75. The molecule has 0 aliphatic heterocycles. The molecule has 2 rings (SSSR count). The molecule has 0 saturated carbocycles. The molecular weight excluding hydrogens is 218 g/mol. The fraction of sp³-hybridized carbons (Fsp3) is 0.353. The van der Waals surface area contributed by atoms with Gasteiger partial charge < -0.3 is 0 Å². The molecule has 0 aliphatic carbocycles. The summed E-state index contributed by atoms with van der Waals surface area (Å²) in [6.45, 7) is 6.36. The third-order valence-electron chi connectivity index (χ3n) is 2.45. The molecule has 1 nitrogen and oxygen atoms in total. The Balaban J connectivity index is 0. The molecule has 0 radical (unpaired) electrons. The van der Waals surface area contributed by atoms with E-state index in [-0.39, 0.29) is 14.9 Å². The van der Waals surface area contributed by atoms with Crippen LogP contribution in [0.1, 0.15) is 38.5 Å². The number of hydrogen-bond donors (Lipinski definition) is 0. The molecule has 2 aromatic rings. The highest BCUT2D eigenvalue weighted by molar-refractivity contribution is 5.24. The molecule has 0 bridgehead atoms. The second kappa shape index (κ2) is 10.5. The van der Waals surface area contributed by atoms with Crippen molar-refractivity contribution in [2.45, 2.75) is 42.0 Å². The first-order chi connectivity index (χ1) is 7.74. The van der Waals surface area contributed by atoms with Gasteiger partial charge in [0.05, 0.1) is 0 Å². The lowest BCUT2D eigenvalue weighted by molar-refractivity contribution is 1.11. The molecular formula is C17H27N. The lowest BCUT2D eigenvalue weighted by Gasteiger charge is -1.98. The molecule has 0 amide bonds. The summed E-state index contributed by atoms with van der Waals surface area (Å²) >= 11 is 0. The van der Waals surface area contributed by atoms with E-state index in [1.165, 1.54) is 16.7 Å². The minimum absolute atomic E-state index is 0. The minimum atomic E-state index is 0. The molecule has 1 aromatic heterocycles. The number of benzene rings is 1. The Morgan fingerprint density at radius 3 is 1.94 bits per heavy atom. The van der Waals surface area contributed by atoms with Gasteiger partial charge in [-0.25, -0.2) is 0 Å². The standard InChI is InChI=1S/C9H12.C6H7N.2CH4/c1-3-9-7-5-4-6-8(9)2;1-6-3-2-4-7-5-6;;/h4-7H,3H2,1-2H3;2-5H,1H3;2*1H4. The van der Waals surface area contributed by atoms with Gasteiger partial charge >= 0.3 is 0 Å². The van der Waals surface area contributed by atoms with Gasteiger partial charge in [-0.15, -0.1) is 0 Å². The van der Waals surface area contributed by atoms with Crippen LogP contribution in [0.5, 0.6) is 0 Å². The van der Waals surface area contributed by atoms with Crippen LogP contribution in [0.15, 0.2) is 48.8 Å². The molecule has 0 fully saturated rings. The third kappa shape index (κ3) is 6.85.